The molecule has 2 aromatic carbocycles. The van der Waals surface area contributed by atoms with Crippen LogP contribution in [-0.4, -0.2) is 11.4 Å². The number of fused-ring (bicyclic) bond motifs is 1. The lowest BCUT2D eigenvalue weighted by atomic mass is 10.0. The largest absolute Gasteiger partial charge is 0.381 e. The molecule has 2 rings (SSSR count). The van der Waals surface area contributed by atoms with E-state index in [4.69, 9.17) is 0 Å². The second kappa shape index (κ2) is 3.60. The fraction of sp³-hybridized carbons (Fsp3) is 0.0833. The molecule has 0 aromatic heterocycles. The van der Waals surface area contributed by atoms with Gasteiger partial charge in [-0.1, -0.05) is 36.4 Å². The number of hydrogen-bond donors (Lipinski definition) is 1. The Kier molecular flexibility index (Phi) is 2.29. The third-order valence-electron chi connectivity index (χ3n) is 2.24. The van der Waals surface area contributed by atoms with Gasteiger partial charge in [0.15, 0.2) is 6.29 Å². The molecule has 2 heteroatoms. The topological polar surface area (TPSA) is 37.3 Å². The van der Waals surface area contributed by atoms with E-state index < -0.39 is 6.10 Å². The number of rotatable bonds is 2. The van der Waals surface area contributed by atoms with Gasteiger partial charge >= 0.3 is 0 Å². The number of benzene rings is 2. The van der Waals surface area contributed by atoms with Crippen molar-refractivity contribution in [3.63, 3.8) is 0 Å². The van der Waals surface area contributed by atoms with Crippen LogP contribution < -0.4 is 0 Å². The van der Waals surface area contributed by atoms with Crippen molar-refractivity contribution in [2.75, 3.05) is 0 Å². The number of carbonyl (C=O) groups excluding carboxylic acids is 1. The first kappa shape index (κ1) is 8.91. The van der Waals surface area contributed by atoms with Gasteiger partial charge in [-0.3, -0.25) is 0 Å². The molecule has 2 nitrogen and oxygen atoms in total. The normalized spacial score (nSPS) is 12.6. The molecule has 0 bridgehead atoms. The number of aldehydes is 1. The van der Waals surface area contributed by atoms with Crippen molar-refractivity contribution in [1.82, 2.24) is 0 Å². The number of aliphatic hydroxyl groups excluding tert-OH is 1. The second-order valence-electron chi connectivity index (χ2n) is 3.19. The third-order valence-corrected chi connectivity index (χ3v) is 2.24. The third kappa shape index (κ3) is 1.52. The van der Waals surface area contributed by atoms with Crippen molar-refractivity contribution in [3.8, 4) is 0 Å². The SMILES string of the molecule is O=C[C@H](O)c1ccc2ccccc2c1. The molecule has 0 spiro atoms. The lowest BCUT2D eigenvalue weighted by molar-refractivity contribution is -0.115. The fourth-order valence-electron chi connectivity index (χ4n) is 1.47. The first-order chi connectivity index (χ1) is 6.81. The highest BCUT2D eigenvalue weighted by atomic mass is 16.3. The van der Waals surface area contributed by atoms with E-state index in [0.717, 1.165) is 10.8 Å². The van der Waals surface area contributed by atoms with E-state index in [-0.39, 0.29) is 0 Å². The van der Waals surface area contributed by atoms with Crippen LogP contribution in [0.4, 0.5) is 0 Å². The van der Waals surface area contributed by atoms with Gasteiger partial charge in [-0.25, -0.2) is 0 Å². The molecular formula is C12H10O2. The predicted molar refractivity (Wildman–Crippen MR) is 55.0 cm³/mol. The van der Waals surface area contributed by atoms with Crippen molar-refractivity contribution in [2.24, 2.45) is 0 Å². The molecule has 0 unspecified atom stereocenters. The molecule has 2 aromatic rings. The molecule has 0 saturated heterocycles. The summed E-state index contributed by atoms with van der Waals surface area (Å²) in [4.78, 5) is 10.4. The molecule has 0 aliphatic heterocycles. The summed E-state index contributed by atoms with van der Waals surface area (Å²) < 4.78 is 0. The van der Waals surface area contributed by atoms with Crippen molar-refractivity contribution in [1.29, 1.82) is 0 Å². The summed E-state index contributed by atoms with van der Waals surface area (Å²) in [5.74, 6) is 0. The van der Waals surface area contributed by atoms with E-state index in [1.807, 2.05) is 36.4 Å². The lowest BCUT2D eigenvalue weighted by Gasteiger charge is -2.04. The highest BCUT2D eigenvalue weighted by molar-refractivity contribution is 5.83. The summed E-state index contributed by atoms with van der Waals surface area (Å²) in [5, 5.41) is 11.5. The van der Waals surface area contributed by atoms with Crippen LogP contribution in [0.2, 0.25) is 0 Å². The summed E-state index contributed by atoms with van der Waals surface area (Å²) in [6, 6.07) is 13.3. The summed E-state index contributed by atoms with van der Waals surface area (Å²) in [6.45, 7) is 0. The Hall–Kier alpha value is -1.67. The van der Waals surface area contributed by atoms with E-state index >= 15 is 0 Å². The van der Waals surface area contributed by atoms with Gasteiger partial charge in [-0.15, -0.1) is 0 Å². The Bertz CT molecular complexity index is 463. The summed E-state index contributed by atoms with van der Waals surface area (Å²) in [5.41, 5.74) is 0.638. The van der Waals surface area contributed by atoms with E-state index in [2.05, 4.69) is 0 Å². The van der Waals surface area contributed by atoms with Crippen LogP contribution >= 0.6 is 0 Å². The molecule has 70 valence electrons. The van der Waals surface area contributed by atoms with Gasteiger partial charge in [0.2, 0.25) is 0 Å². The maximum atomic E-state index is 10.4. The Labute approximate surface area is 81.8 Å². The quantitative estimate of drug-likeness (QED) is 0.729. The Balaban J connectivity index is 2.56. The molecule has 0 aliphatic carbocycles. The molecule has 1 N–H and O–H groups in total. The highest BCUT2D eigenvalue weighted by Crippen LogP contribution is 2.19. The molecule has 1 atom stereocenters. The zero-order chi connectivity index (χ0) is 9.97. The molecule has 0 radical (unpaired) electrons. The van der Waals surface area contributed by atoms with Gasteiger partial charge in [0.25, 0.3) is 0 Å². The highest BCUT2D eigenvalue weighted by Gasteiger charge is 2.05. The Morgan fingerprint density at radius 3 is 2.50 bits per heavy atom. The standard InChI is InChI=1S/C12H10O2/c13-8-12(14)11-6-5-9-3-1-2-4-10(9)7-11/h1-8,12,14H/t12-/m0/s1. The first-order valence-corrected chi connectivity index (χ1v) is 4.43. The van der Waals surface area contributed by atoms with E-state index in [0.29, 0.717) is 11.8 Å². The number of hydrogen-bond acceptors (Lipinski definition) is 2. The van der Waals surface area contributed by atoms with Crippen LogP contribution in [0.15, 0.2) is 42.5 Å². The molecule has 0 amide bonds. The van der Waals surface area contributed by atoms with Crippen molar-refractivity contribution >= 4 is 17.1 Å². The van der Waals surface area contributed by atoms with Crippen LogP contribution in [0.1, 0.15) is 11.7 Å². The van der Waals surface area contributed by atoms with Crippen LogP contribution in [0.3, 0.4) is 0 Å². The summed E-state index contributed by atoms with van der Waals surface area (Å²) in [6.07, 6.45) is -0.482. The average Bonchev–Trinajstić information content (AvgIpc) is 2.27. The lowest BCUT2D eigenvalue weighted by Crippen LogP contribution is -1.97. The van der Waals surface area contributed by atoms with Crippen LogP contribution in [0.25, 0.3) is 10.8 Å². The number of carbonyl (C=O) groups is 1. The van der Waals surface area contributed by atoms with Gasteiger partial charge < -0.3 is 9.90 Å². The van der Waals surface area contributed by atoms with Gasteiger partial charge in [-0.05, 0) is 22.4 Å². The van der Waals surface area contributed by atoms with Crippen LogP contribution in [-0.2, 0) is 4.79 Å². The van der Waals surface area contributed by atoms with E-state index in [9.17, 15) is 9.90 Å². The fourth-order valence-corrected chi connectivity index (χ4v) is 1.47. The zero-order valence-electron chi connectivity index (χ0n) is 7.55. The number of aliphatic hydroxyl groups is 1. The molecule has 0 aliphatic rings. The maximum absolute atomic E-state index is 10.4. The molecule has 0 fully saturated rings. The first-order valence-electron chi connectivity index (χ1n) is 4.43. The smallest absolute Gasteiger partial charge is 0.153 e. The van der Waals surface area contributed by atoms with Gasteiger partial charge in [0.05, 0.1) is 0 Å². The Morgan fingerprint density at radius 2 is 1.79 bits per heavy atom. The monoisotopic (exact) mass is 186 g/mol. The minimum absolute atomic E-state index is 0.532. The van der Waals surface area contributed by atoms with E-state index in [1.165, 1.54) is 0 Å². The summed E-state index contributed by atoms with van der Waals surface area (Å²) in [7, 11) is 0. The van der Waals surface area contributed by atoms with Gasteiger partial charge in [0, 0.05) is 0 Å². The summed E-state index contributed by atoms with van der Waals surface area (Å²) >= 11 is 0. The molecule has 0 heterocycles. The second-order valence-corrected chi connectivity index (χ2v) is 3.19. The van der Waals surface area contributed by atoms with Crippen LogP contribution in [0, 0.1) is 0 Å². The predicted octanol–water partition coefficient (Wildman–Crippen LogP) is 2.07. The minimum Gasteiger partial charge on any atom is -0.381 e. The Morgan fingerprint density at radius 1 is 1.07 bits per heavy atom. The molecule has 0 saturated carbocycles. The van der Waals surface area contributed by atoms with Crippen molar-refractivity contribution in [2.45, 2.75) is 6.10 Å². The van der Waals surface area contributed by atoms with Crippen LogP contribution in [0.5, 0.6) is 0 Å². The molecule has 14 heavy (non-hydrogen) atoms. The molecular weight excluding hydrogens is 176 g/mol. The maximum Gasteiger partial charge on any atom is 0.153 e. The zero-order valence-corrected chi connectivity index (χ0v) is 7.55. The van der Waals surface area contributed by atoms with Gasteiger partial charge in [-0.2, -0.15) is 0 Å². The average molecular weight is 186 g/mol. The minimum atomic E-state index is -1.01. The van der Waals surface area contributed by atoms with Crippen molar-refractivity contribution in [3.05, 3.63) is 48.0 Å². The van der Waals surface area contributed by atoms with Gasteiger partial charge in [0.1, 0.15) is 6.10 Å². The van der Waals surface area contributed by atoms with E-state index in [1.54, 1.807) is 6.07 Å². The van der Waals surface area contributed by atoms with Crippen molar-refractivity contribution < 1.29 is 9.90 Å².